The van der Waals surface area contributed by atoms with Crippen LogP contribution in [0.5, 0.6) is 0 Å². The molecular weight excluding hydrogens is 274 g/mol. The van der Waals surface area contributed by atoms with E-state index in [0.717, 1.165) is 58.7 Å². The number of β-amino-alcohol motifs (C(OH)–C–C–N with tert-alkyl or cyclic N) is 1. The van der Waals surface area contributed by atoms with E-state index in [9.17, 15) is 5.11 Å². The van der Waals surface area contributed by atoms with Gasteiger partial charge in [0.15, 0.2) is 0 Å². The zero-order valence-corrected chi connectivity index (χ0v) is 13.7. The molecule has 1 unspecified atom stereocenters. The maximum absolute atomic E-state index is 10.5. The first-order valence-corrected chi connectivity index (χ1v) is 8.65. The second-order valence-electron chi connectivity index (χ2n) is 6.78. The van der Waals surface area contributed by atoms with Crippen molar-refractivity contribution in [3.8, 4) is 0 Å². The number of hydrogen-bond donors (Lipinski definition) is 2. The molecule has 0 radical (unpaired) electrons. The summed E-state index contributed by atoms with van der Waals surface area (Å²) in [5.74, 6) is 0.483. The fraction of sp³-hybridized carbons (Fsp3) is 0.667. The van der Waals surface area contributed by atoms with Crippen LogP contribution in [0.4, 0.5) is 5.69 Å². The summed E-state index contributed by atoms with van der Waals surface area (Å²) in [6, 6.07) is 8.80. The van der Waals surface area contributed by atoms with E-state index in [1.165, 1.54) is 11.3 Å². The first-order valence-electron chi connectivity index (χ1n) is 8.65. The number of anilines is 1. The molecule has 122 valence electrons. The molecule has 22 heavy (non-hydrogen) atoms. The van der Waals surface area contributed by atoms with Crippen LogP contribution >= 0.6 is 0 Å². The highest BCUT2D eigenvalue weighted by molar-refractivity contribution is 5.47. The van der Waals surface area contributed by atoms with Crippen LogP contribution in [0.2, 0.25) is 0 Å². The van der Waals surface area contributed by atoms with Gasteiger partial charge in [0, 0.05) is 38.4 Å². The van der Waals surface area contributed by atoms with Crippen LogP contribution in [0.25, 0.3) is 0 Å². The average Bonchev–Trinajstić information content (AvgIpc) is 2.57. The quantitative estimate of drug-likeness (QED) is 0.884. The normalized spacial score (nSPS) is 22.7. The van der Waals surface area contributed by atoms with Crippen molar-refractivity contribution >= 4 is 5.69 Å². The van der Waals surface area contributed by atoms with Crippen LogP contribution in [0.15, 0.2) is 24.3 Å². The topological polar surface area (TPSA) is 38.7 Å². The van der Waals surface area contributed by atoms with Crippen molar-refractivity contribution in [2.75, 3.05) is 50.7 Å². The number of rotatable bonds is 4. The van der Waals surface area contributed by atoms with Gasteiger partial charge >= 0.3 is 0 Å². The number of aliphatic hydroxyl groups is 1. The van der Waals surface area contributed by atoms with Crippen molar-refractivity contribution < 1.29 is 5.11 Å². The number of nitrogens with zero attached hydrogens (tertiary/aromatic N) is 2. The molecule has 2 N–H and O–H groups in total. The van der Waals surface area contributed by atoms with Crippen molar-refractivity contribution in [3.63, 3.8) is 0 Å². The van der Waals surface area contributed by atoms with Crippen LogP contribution in [0, 0.1) is 12.8 Å². The van der Waals surface area contributed by atoms with Gasteiger partial charge in [-0.1, -0.05) is 17.7 Å². The third kappa shape index (κ3) is 4.00. The Morgan fingerprint density at radius 2 is 1.73 bits per heavy atom. The lowest BCUT2D eigenvalue weighted by Crippen LogP contribution is -2.50. The first kappa shape index (κ1) is 15.8. The van der Waals surface area contributed by atoms with Crippen molar-refractivity contribution in [1.29, 1.82) is 0 Å². The van der Waals surface area contributed by atoms with E-state index in [-0.39, 0.29) is 6.10 Å². The molecule has 1 aromatic carbocycles. The van der Waals surface area contributed by atoms with Crippen molar-refractivity contribution in [1.82, 2.24) is 10.2 Å². The predicted molar refractivity (Wildman–Crippen MR) is 91.4 cm³/mol. The van der Waals surface area contributed by atoms with Crippen molar-refractivity contribution in [2.45, 2.75) is 25.9 Å². The van der Waals surface area contributed by atoms with E-state index in [1.807, 2.05) is 0 Å². The molecule has 0 aliphatic carbocycles. The fourth-order valence-electron chi connectivity index (χ4n) is 3.59. The molecule has 1 aromatic rings. The van der Waals surface area contributed by atoms with Gasteiger partial charge in [-0.2, -0.15) is 0 Å². The molecule has 0 saturated carbocycles. The van der Waals surface area contributed by atoms with Gasteiger partial charge in [-0.15, -0.1) is 0 Å². The van der Waals surface area contributed by atoms with Gasteiger partial charge in [0.25, 0.3) is 0 Å². The third-order valence-electron chi connectivity index (χ3n) is 5.14. The van der Waals surface area contributed by atoms with E-state index in [1.54, 1.807) is 0 Å². The smallest absolute Gasteiger partial charge is 0.0696 e. The second kappa shape index (κ2) is 7.44. The van der Waals surface area contributed by atoms with Gasteiger partial charge in [-0.3, -0.25) is 4.90 Å². The number of benzene rings is 1. The third-order valence-corrected chi connectivity index (χ3v) is 5.14. The average molecular weight is 303 g/mol. The number of aryl methyl sites for hydroxylation is 1. The van der Waals surface area contributed by atoms with E-state index < -0.39 is 0 Å². The van der Waals surface area contributed by atoms with E-state index in [2.05, 4.69) is 46.3 Å². The molecule has 2 fully saturated rings. The van der Waals surface area contributed by atoms with E-state index >= 15 is 0 Å². The molecular formula is C18H29N3O. The summed E-state index contributed by atoms with van der Waals surface area (Å²) in [5, 5.41) is 13.8. The number of piperazine rings is 1. The Balaban J connectivity index is 1.46. The van der Waals surface area contributed by atoms with Crippen molar-refractivity contribution in [3.05, 3.63) is 29.8 Å². The molecule has 4 nitrogen and oxygen atoms in total. The zero-order chi connectivity index (χ0) is 15.4. The Hall–Kier alpha value is -1.10. The molecule has 0 spiro atoms. The fourth-order valence-corrected chi connectivity index (χ4v) is 3.59. The van der Waals surface area contributed by atoms with E-state index in [4.69, 9.17) is 0 Å². The highest BCUT2D eigenvalue weighted by atomic mass is 16.3. The van der Waals surface area contributed by atoms with Gasteiger partial charge in [-0.05, 0) is 50.9 Å². The van der Waals surface area contributed by atoms with Crippen molar-refractivity contribution in [2.24, 2.45) is 5.92 Å². The molecule has 0 aromatic heterocycles. The molecule has 0 bridgehead atoms. The van der Waals surface area contributed by atoms with Crippen LogP contribution in [0.1, 0.15) is 18.4 Å². The Labute approximate surface area is 134 Å². The molecule has 2 aliphatic rings. The molecule has 0 amide bonds. The minimum Gasteiger partial charge on any atom is -0.392 e. The highest BCUT2D eigenvalue weighted by Crippen LogP contribution is 2.20. The Morgan fingerprint density at radius 1 is 1.09 bits per heavy atom. The lowest BCUT2D eigenvalue weighted by atomic mass is 9.92. The van der Waals surface area contributed by atoms with Gasteiger partial charge in [0.2, 0.25) is 0 Å². The maximum atomic E-state index is 10.5. The summed E-state index contributed by atoms with van der Waals surface area (Å²) in [6.07, 6.45) is 2.07. The summed E-state index contributed by atoms with van der Waals surface area (Å²) in [6.45, 7) is 9.30. The summed E-state index contributed by atoms with van der Waals surface area (Å²) < 4.78 is 0. The van der Waals surface area contributed by atoms with Gasteiger partial charge in [-0.25, -0.2) is 0 Å². The monoisotopic (exact) mass is 303 g/mol. The molecule has 2 saturated heterocycles. The summed E-state index contributed by atoms with van der Waals surface area (Å²) in [4.78, 5) is 4.88. The van der Waals surface area contributed by atoms with Crippen LogP contribution < -0.4 is 10.2 Å². The Morgan fingerprint density at radius 3 is 2.36 bits per heavy atom. The molecule has 3 rings (SSSR count). The largest absolute Gasteiger partial charge is 0.392 e. The second-order valence-corrected chi connectivity index (χ2v) is 6.78. The maximum Gasteiger partial charge on any atom is 0.0696 e. The standard InChI is InChI=1S/C18H29N3O/c1-15-2-4-17(5-3-15)21-12-10-20(11-13-21)14-18(22)16-6-8-19-9-7-16/h2-5,16,18-19,22H,6-14H2,1H3. The predicted octanol–water partition coefficient (Wildman–Crippen LogP) is 1.48. The minimum absolute atomic E-state index is 0.159. The lowest BCUT2D eigenvalue weighted by Gasteiger charge is -2.38. The first-order chi connectivity index (χ1) is 10.7. The number of nitrogens with one attached hydrogen (secondary N) is 1. The number of aliphatic hydroxyl groups excluding tert-OH is 1. The van der Waals surface area contributed by atoms with Crippen LogP contribution in [-0.2, 0) is 0 Å². The molecule has 1 atom stereocenters. The summed E-state index contributed by atoms with van der Waals surface area (Å²) >= 11 is 0. The molecule has 2 heterocycles. The van der Waals surface area contributed by atoms with Gasteiger partial charge in [0.1, 0.15) is 0 Å². The molecule has 4 heteroatoms. The summed E-state index contributed by atoms with van der Waals surface area (Å²) in [5.41, 5.74) is 2.64. The van der Waals surface area contributed by atoms with Gasteiger partial charge < -0.3 is 15.3 Å². The van der Waals surface area contributed by atoms with Gasteiger partial charge in [0.05, 0.1) is 6.10 Å². The molecule has 2 aliphatic heterocycles. The van der Waals surface area contributed by atoms with Crippen LogP contribution in [-0.4, -0.2) is 61.9 Å². The van der Waals surface area contributed by atoms with Crippen LogP contribution in [0.3, 0.4) is 0 Å². The minimum atomic E-state index is -0.159. The van der Waals surface area contributed by atoms with E-state index in [0.29, 0.717) is 5.92 Å². The SMILES string of the molecule is Cc1ccc(N2CCN(CC(O)C3CCNCC3)CC2)cc1. The Kier molecular flexibility index (Phi) is 5.34. The Bertz CT molecular complexity index is 448. The summed E-state index contributed by atoms with van der Waals surface area (Å²) in [7, 11) is 0. The highest BCUT2D eigenvalue weighted by Gasteiger charge is 2.25. The lowest BCUT2D eigenvalue weighted by molar-refractivity contribution is 0.0488. The number of piperidine rings is 1. The zero-order valence-electron chi connectivity index (χ0n) is 13.7. The number of hydrogen-bond acceptors (Lipinski definition) is 4.